The number of anilines is 2. The van der Waals surface area contributed by atoms with Crippen LogP contribution in [-0.2, 0) is 6.42 Å². The molecule has 7 heteroatoms. The van der Waals surface area contributed by atoms with Crippen LogP contribution in [0.4, 0.5) is 10.9 Å². The molecule has 4 N–H and O–H groups in total. The summed E-state index contributed by atoms with van der Waals surface area (Å²) in [7, 11) is 0. The van der Waals surface area contributed by atoms with Gasteiger partial charge in [-0.1, -0.05) is 17.4 Å². The lowest BCUT2D eigenvalue weighted by molar-refractivity contribution is 0.0959. The zero-order chi connectivity index (χ0) is 14.4. The van der Waals surface area contributed by atoms with Gasteiger partial charge in [-0.25, -0.2) is 4.98 Å². The van der Waals surface area contributed by atoms with Crippen molar-refractivity contribution in [2.45, 2.75) is 13.3 Å². The Bertz CT molecular complexity index is 569. The minimum absolute atomic E-state index is 0.187. The van der Waals surface area contributed by atoms with Crippen molar-refractivity contribution in [1.82, 2.24) is 15.3 Å². The predicted octanol–water partition coefficient (Wildman–Crippen LogP) is 1.52. The van der Waals surface area contributed by atoms with Gasteiger partial charge >= 0.3 is 0 Å². The summed E-state index contributed by atoms with van der Waals surface area (Å²) in [4.78, 5) is 20.6. The third kappa shape index (κ3) is 3.67. The number of hydrogen-bond donors (Lipinski definition) is 3. The fourth-order valence-corrected chi connectivity index (χ4v) is 2.54. The maximum atomic E-state index is 12.0. The highest BCUT2D eigenvalue weighted by Crippen LogP contribution is 2.24. The number of pyridine rings is 1. The molecule has 0 fully saturated rings. The van der Waals surface area contributed by atoms with Crippen LogP contribution in [-0.4, -0.2) is 29.0 Å². The molecule has 106 valence electrons. The Morgan fingerprint density at radius 3 is 3.05 bits per heavy atom. The molecule has 0 saturated heterocycles. The van der Waals surface area contributed by atoms with Crippen LogP contribution < -0.4 is 16.4 Å². The summed E-state index contributed by atoms with van der Waals surface area (Å²) in [5, 5.41) is 6.55. The third-order valence-corrected chi connectivity index (χ3v) is 3.64. The van der Waals surface area contributed by atoms with E-state index < -0.39 is 0 Å². The maximum Gasteiger partial charge on any atom is 0.265 e. The zero-order valence-electron chi connectivity index (χ0n) is 11.2. The number of carbonyl (C=O) groups is 1. The lowest BCUT2D eigenvalue weighted by Crippen LogP contribution is -2.25. The van der Waals surface area contributed by atoms with E-state index in [4.69, 9.17) is 5.73 Å². The fraction of sp³-hybridized carbons (Fsp3) is 0.308. The number of rotatable bonds is 6. The van der Waals surface area contributed by atoms with E-state index in [0.717, 1.165) is 18.5 Å². The van der Waals surface area contributed by atoms with E-state index in [1.807, 2.05) is 19.1 Å². The molecule has 0 aliphatic heterocycles. The van der Waals surface area contributed by atoms with E-state index in [-0.39, 0.29) is 11.7 Å². The van der Waals surface area contributed by atoms with E-state index in [2.05, 4.69) is 20.6 Å². The second kappa shape index (κ2) is 6.85. The molecule has 0 saturated carbocycles. The number of nitrogens with zero attached hydrogens (tertiary/aromatic N) is 2. The molecule has 0 radical (unpaired) electrons. The first-order valence-electron chi connectivity index (χ1n) is 6.38. The average molecular weight is 291 g/mol. The molecule has 0 spiro atoms. The van der Waals surface area contributed by atoms with Crippen LogP contribution in [0.15, 0.2) is 24.5 Å². The van der Waals surface area contributed by atoms with Gasteiger partial charge in [-0.3, -0.25) is 9.78 Å². The molecule has 2 aromatic rings. The van der Waals surface area contributed by atoms with Crippen molar-refractivity contribution in [2.75, 3.05) is 24.1 Å². The topological polar surface area (TPSA) is 92.9 Å². The van der Waals surface area contributed by atoms with Crippen molar-refractivity contribution in [3.8, 4) is 0 Å². The van der Waals surface area contributed by atoms with Crippen LogP contribution in [0.3, 0.4) is 0 Å². The van der Waals surface area contributed by atoms with Crippen LogP contribution >= 0.6 is 11.3 Å². The first kappa shape index (κ1) is 14.3. The number of amides is 1. The third-order valence-electron chi connectivity index (χ3n) is 2.61. The summed E-state index contributed by atoms with van der Waals surface area (Å²) < 4.78 is 0. The normalized spacial score (nSPS) is 10.2. The van der Waals surface area contributed by atoms with Crippen LogP contribution in [0, 0.1) is 0 Å². The lowest BCUT2D eigenvalue weighted by Gasteiger charge is -2.03. The predicted molar refractivity (Wildman–Crippen MR) is 81.0 cm³/mol. The molecule has 2 heterocycles. The molecule has 6 nitrogen and oxygen atoms in total. The standard InChI is InChI=1S/C13H17N5OS/c1-2-16-13-18-11(14)10(20-13)12(19)17-7-5-9-4-3-6-15-8-9/h3-4,6,8H,2,5,7,14H2,1H3,(H,16,18)(H,17,19). The van der Waals surface area contributed by atoms with Crippen LogP contribution in [0.2, 0.25) is 0 Å². The Morgan fingerprint density at radius 2 is 2.35 bits per heavy atom. The average Bonchev–Trinajstić information content (AvgIpc) is 2.81. The smallest absolute Gasteiger partial charge is 0.265 e. The number of aromatic nitrogens is 2. The van der Waals surface area contributed by atoms with Gasteiger partial charge in [0.15, 0.2) is 5.13 Å². The Morgan fingerprint density at radius 1 is 1.50 bits per heavy atom. The highest BCUT2D eigenvalue weighted by molar-refractivity contribution is 7.18. The monoisotopic (exact) mass is 291 g/mol. The first-order chi connectivity index (χ1) is 9.70. The molecule has 2 aromatic heterocycles. The van der Waals surface area contributed by atoms with Gasteiger partial charge in [0.1, 0.15) is 10.7 Å². The van der Waals surface area contributed by atoms with Gasteiger partial charge in [0.25, 0.3) is 5.91 Å². The van der Waals surface area contributed by atoms with Crippen molar-refractivity contribution in [1.29, 1.82) is 0 Å². The summed E-state index contributed by atoms with van der Waals surface area (Å²) in [6.45, 7) is 3.25. The van der Waals surface area contributed by atoms with E-state index in [1.165, 1.54) is 11.3 Å². The Hall–Kier alpha value is -2.15. The minimum Gasteiger partial charge on any atom is -0.382 e. The molecule has 0 unspecified atom stereocenters. The molecule has 0 aromatic carbocycles. The van der Waals surface area contributed by atoms with Gasteiger partial charge in [-0.15, -0.1) is 0 Å². The van der Waals surface area contributed by atoms with E-state index in [9.17, 15) is 4.79 Å². The molecule has 0 aliphatic rings. The second-order valence-electron chi connectivity index (χ2n) is 4.13. The Kier molecular flexibility index (Phi) is 4.89. The highest BCUT2D eigenvalue weighted by atomic mass is 32.1. The molecule has 1 amide bonds. The molecular weight excluding hydrogens is 274 g/mol. The van der Waals surface area contributed by atoms with Gasteiger partial charge in [-0.2, -0.15) is 0 Å². The molecule has 0 aliphatic carbocycles. The van der Waals surface area contributed by atoms with E-state index in [0.29, 0.717) is 16.6 Å². The second-order valence-corrected chi connectivity index (χ2v) is 5.13. The highest BCUT2D eigenvalue weighted by Gasteiger charge is 2.15. The van der Waals surface area contributed by atoms with Crippen molar-refractivity contribution in [3.05, 3.63) is 35.0 Å². The first-order valence-corrected chi connectivity index (χ1v) is 7.19. The van der Waals surface area contributed by atoms with Gasteiger partial charge in [-0.05, 0) is 25.0 Å². The minimum atomic E-state index is -0.187. The van der Waals surface area contributed by atoms with Crippen LogP contribution in [0.5, 0.6) is 0 Å². The molecule has 0 atom stereocenters. The van der Waals surface area contributed by atoms with Crippen molar-refractivity contribution >= 4 is 28.2 Å². The lowest BCUT2D eigenvalue weighted by atomic mass is 10.2. The number of hydrogen-bond acceptors (Lipinski definition) is 6. The van der Waals surface area contributed by atoms with E-state index >= 15 is 0 Å². The van der Waals surface area contributed by atoms with Crippen molar-refractivity contribution < 1.29 is 4.79 Å². The quantitative estimate of drug-likeness (QED) is 0.750. The van der Waals surface area contributed by atoms with Gasteiger partial charge in [0.05, 0.1) is 0 Å². The SMILES string of the molecule is CCNc1nc(N)c(C(=O)NCCc2cccnc2)s1. The zero-order valence-corrected chi connectivity index (χ0v) is 12.0. The van der Waals surface area contributed by atoms with Crippen LogP contribution in [0.25, 0.3) is 0 Å². The number of nitrogen functional groups attached to an aromatic ring is 1. The van der Waals surface area contributed by atoms with Crippen molar-refractivity contribution in [2.24, 2.45) is 0 Å². The molecule has 0 bridgehead atoms. The molecule has 20 heavy (non-hydrogen) atoms. The largest absolute Gasteiger partial charge is 0.382 e. The van der Waals surface area contributed by atoms with Crippen LogP contribution in [0.1, 0.15) is 22.2 Å². The number of carbonyl (C=O) groups excluding carboxylic acids is 1. The Balaban J connectivity index is 1.88. The molecular formula is C13H17N5OS. The van der Waals surface area contributed by atoms with Gasteiger partial charge in [0, 0.05) is 25.5 Å². The van der Waals surface area contributed by atoms with Crippen molar-refractivity contribution in [3.63, 3.8) is 0 Å². The van der Waals surface area contributed by atoms with Gasteiger partial charge < -0.3 is 16.4 Å². The summed E-state index contributed by atoms with van der Waals surface area (Å²) in [6, 6.07) is 3.85. The maximum absolute atomic E-state index is 12.0. The fourth-order valence-electron chi connectivity index (χ4n) is 1.67. The summed E-state index contributed by atoms with van der Waals surface area (Å²) in [5.74, 6) is 0.0814. The number of nitrogens with two attached hydrogens (primary N) is 1. The number of nitrogens with one attached hydrogen (secondary N) is 2. The Labute approximate surface area is 121 Å². The van der Waals surface area contributed by atoms with Gasteiger partial charge in [0.2, 0.25) is 0 Å². The molecule has 2 rings (SSSR count). The summed E-state index contributed by atoms with van der Waals surface area (Å²) in [5.41, 5.74) is 6.83. The number of thiazole rings is 1. The van der Waals surface area contributed by atoms with E-state index in [1.54, 1.807) is 12.4 Å². The summed E-state index contributed by atoms with van der Waals surface area (Å²) in [6.07, 6.45) is 4.25. The summed E-state index contributed by atoms with van der Waals surface area (Å²) >= 11 is 1.27.